The predicted octanol–water partition coefficient (Wildman–Crippen LogP) is 2.21. The number of aliphatic hydroxyl groups is 1. The molecule has 0 radical (unpaired) electrons. The summed E-state index contributed by atoms with van der Waals surface area (Å²) in [6, 6.07) is 4.50. The van der Waals surface area contributed by atoms with Gasteiger partial charge in [0.1, 0.15) is 0 Å². The fraction of sp³-hybridized carbons (Fsp3) is 0.455. The lowest BCUT2D eigenvalue weighted by Gasteiger charge is -2.26. The molecule has 0 spiro atoms. The van der Waals surface area contributed by atoms with Crippen LogP contribution in [0.5, 0.6) is 0 Å². The van der Waals surface area contributed by atoms with Gasteiger partial charge in [0.2, 0.25) is 0 Å². The highest BCUT2D eigenvalue weighted by molar-refractivity contribution is 6.33. The second kappa shape index (κ2) is 4.89. The van der Waals surface area contributed by atoms with Crippen molar-refractivity contribution in [2.75, 3.05) is 18.1 Å². The van der Waals surface area contributed by atoms with E-state index in [1.807, 2.05) is 4.90 Å². The number of halogens is 1. The number of nitrogens with zero attached hydrogens (tertiary/aromatic N) is 2. The molecule has 0 aromatic heterocycles. The van der Waals surface area contributed by atoms with E-state index in [9.17, 15) is 15.2 Å². The summed E-state index contributed by atoms with van der Waals surface area (Å²) in [6.07, 6.45) is 1.92. The molecule has 0 bridgehead atoms. The van der Waals surface area contributed by atoms with E-state index in [1.165, 1.54) is 12.1 Å². The van der Waals surface area contributed by atoms with Gasteiger partial charge in [0.15, 0.2) is 0 Å². The lowest BCUT2D eigenvalue weighted by molar-refractivity contribution is -0.384. The van der Waals surface area contributed by atoms with Crippen LogP contribution in [0.3, 0.4) is 0 Å². The summed E-state index contributed by atoms with van der Waals surface area (Å²) in [5.41, 5.74) is 0.743. The molecule has 17 heavy (non-hydrogen) atoms. The average Bonchev–Trinajstić information content (AvgIpc) is 2.76. The smallest absolute Gasteiger partial charge is 0.271 e. The van der Waals surface area contributed by atoms with Gasteiger partial charge in [-0.15, -0.1) is 0 Å². The average molecular weight is 257 g/mol. The van der Waals surface area contributed by atoms with Crippen LogP contribution >= 0.6 is 11.6 Å². The third-order valence-electron chi connectivity index (χ3n) is 3.04. The van der Waals surface area contributed by atoms with Gasteiger partial charge in [-0.05, 0) is 18.9 Å². The zero-order chi connectivity index (χ0) is 12.4. The second-order valence-corrected chi connectivity index (χ2v) is 4.47. The molecule has 1 atom stereocenters. The summed E-state index contributed by atoms with van der Waals surface area (Å²) < 4.78 is 0. The first-order chi connectivity index (χ1) is 8.13. The van der Waals surface area contributed by atoms with Crippen LogP contribution in [-0.2, 0) is 0 Å². The largest absolute Gasteiger partial charge is 0.394 e. The van der Waals surface area contributed by atoms with Gasteiger partial charge < -0.3 is 10.0 Å². The molecular formula is C11H13ClN2O3. The van der Waals surface area contributed by atoms with E-state index in [2.05, 4.69) is 0 Å². The molecule has 1 aromatic carbocycles. The maximum Gasteiger partial charge on any atom is 0.271 e. The topological polar surface area (TPSA) is 66.6 Å². The van der Waals surface area contributed by atoms with E-state index in [1.54, 1.807) is 6.07 Å². The fourth-order valence-electron chi connectivity index (χ4n) is 2.18. The van der Waals surface area contributed by atoms with Crippen LogP contribution in [0.15, 0.2) is 18.2 Å². The minimum absolute atomic E-state index is 0.0153. The Balaban J connectivity index is 2.30. The summed E-state index contributed by atoms with van der Waals surface area (Å²) in [7, 11) is 0. The number of nitro benzene ring substituents is 1. The van der Waals surface area contributed by atoms with Gasteiger partial charge in [-0.2, -0.15) is 0 Å². The van der Waals surface area contributed by atoms with Crippen molar-refractivity contribution in [1.29, 1.82) is 0 Å². The molecule has 0 amide bonds. The van der Waals surface area contributed by atoms with Gasteiger partial charge in [-0.3, -0.25) is 10.1 Å². The molecule has 92 valence electrons. The number of nitro groups is 1. The summed E-state index contributed by atoms with van der Waals surface area (Å²) in [6.45, 7) is 0.899. The molecule has 1 heterocycles. The maximum absolute atomic E-state index is 10.6. The number of rotatable bonds is 3. The fourth-order valence-corrected chi connectivity index (χ4v) is 2.47. The van der Waals surface area contributed by atoms with Crippen LogP contribution in [0.1, 0.15) is 12.8 Å². The Kier molecular flexibility index (Phi) is 3.49. The number of hydrogen-bond acceptors (Lipinski definition) is 4. The van der Waals surface area contributed by atoms with Crippen molar-refractivity contribution in [3.05, 3.63) is 33.3 Å². The SMILES string of the molecule is O=[N+]([O-])c1ccc(N2CCCC2CO)c(Cl)c1. The Bertz CT molecular complexity index is 439. The molecular weight excluding hydrogens is 244 g/mol. The van der Waals surface area contributed by atoms with Crippen molar-refractivity contribution in [2.45, 2.75) is 18.9 Å². The summed E-state index contributed by atoms with van der Waals surface area (Å²) in [5, 5.41) is 20.2. The van der Waals surface area contributed by atoms with Crippen LogP contribution in [0, 0.1) is 10.1 Å². The van der Waals surface area contributed by atoms with E-state index in [4.69, 9.17) is 11.6 Å². The van der Waals surface area contributed by atoms with Crippen LogP contribution in [-0.4, -0.2) is 29.2 Å². The van der Waals surface area contributed by atoms with Gasteiger partial charge in [-0.1, -0.05) is 11.6 Å². The Morgan fingerprint density at radius 1 is 1.59 bits per heavy atom. The lowest BCUT2D eigenvalue weighted by Crippen LogP contribution is -2.32. The first kappa shape index (κ1) is 12.1. The van der Waals surface area contributed by atoms with Crippen molar-refractivity contribution >= 4 is 23.0 Å². The Hall–Kier alpha value is -1.33. The molecule has 1 aliphatic rings. The van der Waals surface area contributed by atoms with Crippen LogP contribution in [0.25, 0.3) is 0 Å². The minimum Gasteiger partial charge on any atom is -0.394 e. The van der Waals surface area contributed by atoms with Crippen LogP contribution in [0.4, 0.5) is 11.4 Å². The minimum atomic E-state index is -0.469. The quantitative estimate of drug-likeness (QED) is 0.665. The van der Waals surface area contributed by atoms with E-state index in [0.29, 0.717) is 5.02 Å². The Labute approximate surface area is 104 Å². The van der Waals surface area contributed by atoms with Crippen LogP contribution in [0.2, 0.25) is 5.02 Å². The molecule has 1 aliphatic heterocycles. The molecule has 1 aromatic rings. The van der Waals surface area contributed by atoms with Gasteiger partial charge in [0, 0.05) is 18.7 Å². The standard InChI is InChI=1S/C11H13ClN2O3/c12-10-6-8(14(16)17)3-4-11(10)13-5-1-2-9(13)7-15/h3-4,6,9,15H,1-2,5,7H2. The lowest BCUT2D eigenvalue weighted by atomic mass is 10.2. The van der Waals surface area contributed by atoms with Crippen molar-refractivity contribution < 1.29 is 10.0 Å². The molecule has 1 fully saturated rings. The third kappa shape index (κ3) is 2.35. The molecule has 5 nitrogen and oxygen atoms in total. The third-order valence-corrected chi connectivity index (χ3v) is 3.34. The molecule has 1 unspecified atom stereocenters. The predicted molar refractivity (Wildman–Crippen MR) is 65.6 cm³/mol. The summed E-state index contributed by atoms with van der Waals surface area (Å²) >= 11 is 6.05. The first-order valence-corrected chi connectivity index (χ1v) is 5.82. The second-order valence-electron chi connectivity index (χ2n) is 4.06. The highest BCUT2D eigenvalue weighted by Gasteiger charge is 2.26. The normalized spacial score (nSPS) is 19.6. The number of aliphatic hydroxyl groups excluding tert-OH is 1. The van der Waals surface area contributed by atoms with Crippen molar-refractivity contribution in [3.63, 3.8) is 0 Å². The molecule has 1 N–H and O–H groups in total. The molecule has 0 saturated carbocycles. The van der Waals surface area contributed by atoms with E-state index in [-0.39, 0.29) is 18.3 Å². The van der Waals surface area contributed by atoms with Crippen molar-refractivity contribution in [1.82, 2.24) is 0 Å². The van der Waals surface area contributed by atoms with Gasteiger partial charge in [-0.25, -0.2) is 0 Å². The van der Waals surface area contributed by atoms with E-state index < -0.39 is 4.92 Å². The van der Waals surface area contributed by atoms with Crippen molar-refractivity contribution in [2.24, 2.45) is 0 Å². The summed E-state index contributed by atoms with van der Waals surface area (Å²) in [5.74, 6) is 0. The van der Waals surface area contributed by atoms with Gasteiger partial charge >= 0.3 is 0 Å². The number of benzene rings is 1. The van der Waals surface area contributed by atoms with Crippen LogP contribution < -0.4 is 4.90 Å². The van der Waals surface area contributed by atoms with Gasteiger partial charge in [0.05, 0.1) is 28.3 Å². The number of non-ortho nitro benzene ring substituents is 1. The van der Waals surface area contributed by atoms with E-state index in [0.717, 1.165) is 25.1 Å². The summed E-state index contributed by atoms with van der Waals surface area (Å²) in [4.78, 5) is 12.1. The molecule has 0 aliphatic carbocycles. The Morgan fingerprint density at radius 3 is 2.94 bits per heavy atom. The van der Waals surface area contributed by atoms with Gasteiger partial charge in [0.25, 0.3) is 5.69 Å². The van der Waals surface area contributed by atoms with E-state index >= 15 is 0 Å². The number of anilines is 1. The molecule has 2 rings (SSSR count). The molecule has 1 saturated heterocycles. The molecule has 6 heteroatoms. The first-order valence-electron chi connectivity index (χ1n) is 5.45. The number of hydrogen-bond donors (Lipinski definition) is 1. The highest BCUT2D eigenvalue weighted by atomic mass is 35.5. The Morgan fingerprint density at radius 2 is 2.35 bits per heavy atom. The van der Waals surface area contributed by atoms with Crippen molar-refractivity contribution in [3.8, 4) is 0 Å². The zero-order valence-electron chi connectivity index (χ0n) is 9.17. The maximum atomic E-state index is 10.6. The monoisotopic (exact) mass is 256 g/mol. The highest BCUT2D eigenvalue weighted by Crippen LogP contribution is 2.34. The zero-order valence-corrected chi connectivity index (χ0v) is 9.93.